The van der Waals surface area contributed by atoms with Crippen LogP contribution in [0, 0.1) is 5.92 Å². The molecule has 1 aliphatic rings. The largest absolute Gasteiger partial charge is 0.468 e. The molecule has 1 fully saturated rings. The van der Waals surface area contributed by atoms with Gasteiger partial charge >= 0.3 is 5.97 Å². The standard InChI is InChI=1S/C12H23NO2/c1-12(2,11(14)15-4)13(3)9-10-7-5-6-8-10/h10H,5-9H2,1-4H3. The monoisotopic (exact) mass is 213 g/mol. The molecule has 1 rings (SSSR count). The minimum Gasteiger partial charge on any atom is -0.468 e. The van der Waals surface area contributed by atoms with Gasteiger partial charge in [-0.1, -0.05) is 12.8 Å². The number of hydrogen-bond donors (Lipinski definition) is 0. The Bertz CT molecular complexity index is 220. The second-order valence-corrected chi connectivity index (χ2v) is 5.08. The molecule has 0 atom stereocenters. The molecule has 0 N–H and O–H groups in total. The molecular formula is C12H23NO2. The maximum Gasteiger partial charge on any atom is 0.325 e. The third-order valence-electron chi connectivity index (χ3n) is 3.65. The smallest absolute Gasteiger partial charge is 0.325 e. The van der Waals surface area contributed by atoms with E-state index in [2.05, 4.69) is 4.90 Å². The summed E-state index contributed by atoms with van der Waals surface area (Å²) in [5, 5.41) is 0. The molecule has 0 aromatic heterocycles. The Morgan fingerprint density at radius 2 is 1.93 bits per heavy atom. The average Bonchev–Trinajstić information content (AvgIpc) is 2.68. The molecule has 0 aromatic carbocycles. The highest BCUT2D eigenvalue weighted by Gasteiger charge is 2.34. The second-order valence-electron chi connectivity index (χ2n) is 5.08. The van der Waals surface area contributed by atoms with E-state index in [9.17, 15) is 4.79 Å². The van der Waals surface area contributed by atoms with Crippen LogP contribution in [0.5, 0.6) is 0 Å². The lowest BCUT2D eigenvalue weighted by Crippen LogP contribution is -2.50. The van der Waals surface area contributed by atoms with Crippen molar-refractivity contribution >= 4 is 5.97 Å². The summed E-state index contributed by atoms with van der Waals surface area (Å²) in [5.41, 5.74) is -0.503. The maximum absolute atomic E-state index is 11.6. The molecule has 0 radical (unpaired) electrons. The van der Waals surface area contributed by atoms with E-state index in [1.54, 1.807) is 0 Å². The topological polar surface area (TPSA) is 29.5 Å². The normalized spacial score (nSPS) is 18.5. The van der Waals surface area contributed by atoms with E-state index in [-0.39, 0.29) is 5.97 Å². The number of likely N-dealkylation sites (N-methyl/N-ethyl adjacent to an activating group) is 1. The molecule has 0 heterocycles. The van der Waals surface area contributed by atoms with Gasteiger partial charge in [-0.2, -0.15) is 0 Å². The van der Waals surface area contributed by atoms with Crippen LogP contribution in [0.15, 0.2) is 0 Å². The van der Waals surface area contributed by atoms with Crippen LogP contribution in [-0.4, -0.2) is 37.1 Å². The van der Waals surface area contributed by atoms with Crippen LogP contribution in [0.1, 0.15) is 39.5 Å². The lowest BCUT2D eigenvalue weighted by atomic mass is 10.0. The van der Waals surface area contributed by atoms with Crippen LogP contribution in [-0.2, 0) is 9.53 Å². The zero-order valence-corrected chi connectivity index (χ0v) is 10.4. The van der Waals surface area contributed by atoms with Crippen molar-refractivity contribution in [1.82, 2.24) is 4.90 Å². The summed E-state index contributed by atoms with van der Waals surface area (Å²) < 4.78 is 4.82. The Kier molecular flexibility index (Phi) is 4.14. The number of carbonyl (C=O) groups excluding carboxylic acids is 1. The Morgan fingerprint density at radius 1 is 1.40 bits per heavy atom. The first-order chi connectivity index (χ1) is 6.98. The van der Waals surface area contributed by atoms with E-state index in [0.717, 1.165) is 12.5 Å². The van der Waals surface area contributed by atoms with Gasteiger partial charge in [0.1, 0.15) is 5.54 Å². The van der Waals surface area contributed by atoms with Gasteiger partial charge in [0, 0.05) is 6.54 Å². The van der Waals surface area contributed by atoms with Crippen molar-refractivity contribution in [3.05, 3.63) is 0 Å². The predicted octanol–water partition coefficient (Wildman–Crippen LogP) is 2.06. The summed E-state index contributed by atoms with van der Waals surface area (Å²) >= 11 is 0. The van der Waals surface area contributed by atoms with Gasteiger partial charge in [-0.05, 0) is 39.7 Å². The SMILES string of the molecule is COC(=O)C(C)(C)N(C)CC1CCCC1. The van der Waals surface area contributed by atoms with E-state index in [4.69, 9.17) is 4.74 Å². The van der Waals surface area contributed by atoms with Crippen molar-refractivity contribution in [3.8, 4) is 0 Å². The Morgan fingerprint density at radius 3 is 2.40 bits per heavy atom. The van der Waals surface area contributed by atoms with Crippen molar-refractivity contribution in [2.45, 2.75) is 45.1 Å². The molecule has 0 aliphatic heterocycles. The molecule has 0 amide bonds. The van der Waals surface area contributed by atoms with Gasteiger partial charge in [-0.25, -0.2) is 0 Å². The summed E-state index contributed by atoms with van der Waals surface area (Å²) in [6.07, 6.45) is 5.30. The van der Waals surface area contributed by atoms with Crippen molar-refractivity contribution in [1.29, 1.82) is 0 Å². The zero-order chi connectivity index (χ0) is 11.5. The zero-order valence-electron chi connectivity index (χ0n) is 10.4. The molecule has 0 bridgehead atoms. The predicted molar refractivity (Wildman–Crippen MR) is 60.7 cm³/mol. The van der Waals surface area contributed by atoms with Crippen LogP contribution in [0.3, 0.4) is 0 Å². The van der Waals surface area contributed by atoms with Gasteiger partial charge < -0.3 is 4.74 Å². The number of esters is 1. The highest BCUT2D eigenvalue weighted by Crippen LogP contribution is 2.27. The lowest BCUT2D eigenvalue weighted by molar-refractivity contribution is -0.152. The van der Waals surface area contributed by atoms with E-state index in [1.807, 2.05) is 20.9 Å². The number of nitrogens with zero attached hydrogens (tertiary/aromatic N) is 1. The molecular weight excluding hydrogens is 190 g/mol. The van der Waals surface area contributed by atoms with E-state index in [1.165, 1.54) is 32.8 Å². The minimum absolute atomic E-state index is 0.150. The van der Waals surface area contributed by atoms with Crippen LogP contribution >= 0.6 is 0 Å². The average molecular weight is 213 g/mol. The summed E-state index contributed by atoms with van der Waals surface area (Å²) in [4.78, 5) is 13.7. The van der Waals surface area contributed by atoms with E-state index < -0.39 is 5.54 Å². The quantitative estimate of drug-likeness (QED) is 0.669. The Labute approximate surface area is 92.8 Å². The molecule has 0 saturated heterocycles. The van der Waals surface area contributed by atoms with Gasteiger partial charge in [0.2, 0.25) is 0 Å². The summed E-state index contributed by atoms with van der Waals surface area (Å²) in [5.74, 6) is 0.613. The van der Waals surface area contributed by atoms with Crippen molar-refractivity contribution in [3.63, 3.8) is 0 Å². The molecule has 15 heavy (non-hydrogen) atoms. The van der Waals surface area contributed by atoms with Gasteiger partial charge in [0.25, 0.3) is 0 Å². The van der Waals surface area contributed by atoms with Crippen molar-refractivity contribution in [2.24, 2.45) is 5.92 Å². The molecule has 1 aliphatic carbocycles. The number of hydrogen-bond acceptors (Lipinski definition) is 3. The number of methoxy groups -OCH3 is 1. The van der Waals surface area contributed by atoms with Gasteiger partial charge in [-0.15, -0.1) is 0 Å². The molecule has 3 nitrogen and oxygen atoms in total. The number of rotatable bonds is 4. The fraction of sp³-hybridized carbons (Fsp3) is 0.917. The number of ether oxygens (including phenoxy) is 1. The third-order valence-corrected chi connectivity index (χ3v) is 3.65. The molecule has 3 heteroatoms. The molecule has 1 saturated carbocycles. The molecule has 88 valence electrons. The highest BCUT2D eigenvalue weighted by molar-refractivity contribution is 5.79. The van der Waals surface area contributed by atoms with Gasteiger partial charge in [0.15, 0.2) is 0 Å². The summed E-state index contributed by atoms with van der Waals surface area (Å²) in [7, 11) is 3.46. The summed E-state index contributed by atoms with van der Waals surface area (Å²) in [6.45, 7) is 4.85. The highest BCUT2D eigenvalue weighted by atomic mass is 16.5. The maximum atomic E-state index is 11.6. The summed E-state index contributed by atoms with van der Waals surface area (Å²) in [6, 6.07) is 0. The molecule has 0 aromatic rings. The Balaban J connectivity index is 2.50. The first-order valence-corrected chi connectivity index (χ1v) is 5.78. The van der Waals surface area contributed by atoms with E-state index in [0.29, 0.717) is 0 Å². The second kappa shape index (κ2) is 4.97. The van der Waals surface area contributed by atoms with Crippen LogP contribution in [0.4, 0.5) is 0 Å². The minimum atomic E-state index is -0.503. The fourth-order valence-electron chi connectivity index (χ4n) is 2.21. The fourth-order valence-corrected chi connectivity index (χ4v) is 2.21. The van der Waals surface area contributed by atoms with Crippen LogP contribution in [0.2, 0.25) is 0 Å². The van der Waals surface area contributed by atoms with E-state index >= 15 is 0 Å². The third kappa shape index (κ3) is 2.94. The van der Waals surface area contributed by atoms with Crippen LogP contribution < -0.4 is 0 Å². The van der Waals surface area contributed by atoms with Crippen molar-refractivity contribution in [2.75, 3.05) is 20.7 Å². The molecule has 0 spiro atoms. The molecule has 0 unspecified atom stereocenters. The Hall–Kier alpha value is -0.570. The van der Waals surface area contributed by atoms with Gasteiger partial charge in [-0.3, -0.25) is 9.69 Å². The van der Waals surface area contributed by atoms with Crippen LogP contribution in [0.25, 0.3) is 0 Å². The van der Waals surface area contributed by atoms with Crippen molar-refractivity contribution < 1.29 is 9.53 Å². The van der Waals surface area contributed by atoms with Gasteiger partial charge in [0.05, 0.1) is 7.11 Å². The lowest BCUT2D eigenvalue weighted by Gasteiger charge is -2.34. The first-order valence-electron chi connectivity index (χ1n) is 5.78. The number of carbonyl (C=O) groups is 1. The first kappa shape index (κ1) is 12.5.